The van der Waals surface area contributed by atoms with E-state index in [-0.39, 0.29) is 10.0 Å². The van der Waals surface area contributed by atoms with Crippen molar-refractivity contribution in [3.63, 3.8) is 0 Å². The number of hydrogen-bond donors (Lipinski definition) is 0. The lowest BCUT2D eigenvalue weighted by molar-refractivity contribution is 0.628. The fraction of sp³-hybridized carbons (Fsp3) is 0. The molecule has 0 N–H and O–H groups in total. The molecular formula is C9H2Cl2FN. The number of nitriles is 1. The zero-order chi connectivity index (χ0) is 9.84. The number of hydrogen-bond acceptors (Lipinski definition) is 1. The SMILES string of the molecule is N#CC#Cc1cc(Cl)c(F)c(Cl)c1. The molecule has 4 heteroatoms. The third-order valence-corrected chi connectivity index (χ3v) is 1.80. The van der Waals surface area contributed by atoms with Crippen molar-refractivity contribution in [2.45, 2.75) is 0 Å². The molecule has 0 saturated carbocycles. The monoisotopic (exact) mass is 213 g/mol. The third kappa shape index (κ3) is 2.36. The maximum absolute atomic E-state index is 12.9. The Kier molecular flexibility index (Phi) is 3.14. The van der Waals surface area contributed by atoms with Crippen LogP contribution in [-0.2, 0) is 0 Å². The van der Waals surface area contributed by atoms with E-state index >= 15 is 0 Å². The van der Waals surface area contributed by atoms with E-state index in [0.29, 0.717) is 5.56 Å². The molecule has 1 nitrogen and oxygen atoms in total. The number of nitrogens with zero attached hydrogens (tertiary/aromatic N) is 1. The summed E-state index contributed by atoms with van der Waals surface area (Å²) >= 11 is 11.0. The van der Waals surface area contributed by atoms with Gasteiger partial charge in [0.15, 0.2) is 11.9 Å². The van der Waals surface area contributed by atoms with Crippen LogP contribution in [0.15, 0.2) is 12.1 Å². The van der Waals surface area contributed by atoms with Gasteiger partial charge in [-0.25, -0.2) is 4.39 Å². The molecule has 0 heterocycles. The lowest BCUT2D eigenvalue weighted by Crippen LogP contribution is -1.82. The van der Waals surface area contributed by atoms with Gasteiger partial charge in [-0.1, -0.05) is 29.1 Å². The van der Waals surface area contributed by atoms with Crippen LogP contribution in [0.1, 0.15) is 5.56 Å². The van der Waals surface area contributed by atoms with Crippen LogP contribution in [0.25, 0.3) is 0 Å². The van der Waals surface area contributed by atoms with E-state index in [4.69, 9.17) is 28.5 Å². The molecule has 0 aromatic heterocycles. The van der Waals surface area contributed by atoms with E-state index in [1.807, 2.05) is 0 Å². The highest BCUT2D eigenvalue weighted by Gasteiger charge is 2.05. The van der Waals surface area contributed by atoms with E-state index < -0.39 is 5.82 Å². The Morgan fingerprint density at radius 2 is 1.77 bits per heavy atom. The van der Waals surface area contributed by atoms with Crippen molar-refractivity contribution in [3.05, 3.63) is 33.6 Å². The van der Waals surface area contributed by atoms with Gasteiger partial charge in [-0.05, 0) is 12.1 Å². The van der Waals surface area contributed by atoms with Crippen molar-refractivity contribution in [1.82, 2.24) is 0 Å². The molecule has 0 unspecified atom stereocenters. The van der Waals surface area contributed by atoms with Crippen LogP contribution in [0.3, 0.4) is 0 Å². The van der Waals surface area contributed by atoms with Gasteiger partial charge < -0.3 is 0 Å². The number of benzene rings is 1. The Morgan fingerprint density at radius 1 is 1.23 bits per heavy atom. The summed E-state index contributed by atoms with van der Waals surface area (Å²) in [6.07, 6.45) is 0. The van der Waals surface area contributed by atoms with E-state index in [9.17, 15) is 4.39 Å². The minimum atomic E-state index is -0.675. The maximum atomic E-state index is 12.9. The smallest absolute Gasteiger partial charge is 0.160 e. The van der Waals surface area contributed by atoms with Crippen molar-refractivity contribution >= 4 is 23.2 Å². The second-order valence-corrected chi connectivity index (χ2v) is 2.93. The van der Waals surface area contributed by atoms with Crippen molar-refractivity contribution in [3.8, 4) is 17.9 Å². The minimum Gasteiger partial charge on any atom is -0.204 e. The summed E-state index contributed by atoms with van der Waals surface area (Å²) < 4.78 is 12.9. The molecule has 0 aliphatic heterocycles. The van der Waals surface area contributed by atoms with Crippen LogP contribution < -0.4 is 0 Å². The zero-order valence-corrected chi connectivity index (χ0v) is 7.75. The quantitative estimate of drug-likeness (QED) is 0.481. The van der Waals surface area contributed by atoms with Crippen molar-refractivity contribution < 1.29 is 4.39 Å². The fourth-order valence-electron chi connectivity index (χ4n) is 0.728. The number of halogens is 3. The normalized spacial score (nSPS) is 8.46. The topological polar surface area (TPSA) is 23.8 Å². The Bertz CT molecular complexity index is 414. The molecule has 0 bridgehead atoms. The fourth-order valence-corrected chi connectivity index (χ4v) is 1.21. The number of rotatable bonds is 0. The van der Waals surface area contributed by atoms with Gasteiger partial charge in [0.05, 0.1) is 10.0 Å². The van der Waals surface area contributed by atoms with Gasteiger partial charge in [-0.2, -0.15) is 5.26 Å². The highest BCUT2D eigenvalue weighted by atomic mass is 35.5. The summed E-state index contributed by atoms with van der Waals surface area (Å²) in [4.78, 5) is 0. The summed E-state index contributed by atoms with van der Waals surface area (Å²) in [5.41, 5.74) is 0.415. The molecule has 0 atom stereocenters. The maximum Gasteiger partial charge on any atom is 0.160 e. The summed E-state index contributed by atoms with van der Waals surface area (Å²) in [5, 5.41) is 7.95. The van der Waals surface area contributed by atoms with Crippen LogP contribution in [-0.4, -0.2) is 0 Å². The Morgan fingerprint density at radius 3 is 2.23 bits per heavy atom. The second kappa shape index (κ2) is 4.14. The van der Waals surface area contributed by atoms with Gasteiger partial charge in [0.1, 0.15) is 0 Å². The molecule has 0 radical (unpaired) electrons. The molecular weight excluding hydrogens is 212 g/mol. The highest BCUT2D eigenvalue weighted by molar-refractivity contribution is 6.35. The van der Waals surface area contributed by atoms with Gasteiger partial charge in [-0.15, -0.1) is 0 Å². The van der Waals surface area contributed by atoms with Crippen LogP contribution in [0.4, 0.5) is 4.39 Å². The lowest BCUT2D eigenvalue weighted by Gasteiger charge is -1.97. The van der Waals surface area contributed by atoms with E-state index in [2.05, 4.69) is 11.8 Å². The average Bonchev–Trinajstić information content (AvgIpc) is 2.10. The van der Waals surface area contributed by atoms with Crippen LogP contribution in [0.2, 0.25) is 10.0 Å². The molecule has 0 aliphatic carbocycles. The Labute approximate surface area is 84.7 Å². The molecule has 0 amide bonds. The molecule has 0 spiro atoms. The largest absolute Gasteiger partial charge is 0.204 e. The molecule has 64 valence electrons. The summed E-state index contributed by atoms with van der Waals surface area (Å²) in [6.45, 7) is 0. The Balaban J connectivity index is 3.23. The predicted octanol–water partition coefficient (Wildman–Crippen LogP) is 3.01. The molecule has 0 fully saturated rings. The highest BCUT2D eigenvalue weighted by Crippen LogP contribution is 2.24. The minimum absolute atomic E-state index is 0.102. The second-order valence-electron chi connectivity index (χ2n) is 2.12. The Hall–Kier alpha value is -1.22. The van der Waals surface area contributed by atoms with E-state index in [0.717, 1.165) is 0 Å². The molecule has 0 aliphatic rings. The first-order chi connectivity index (χ1) is 6.15. The van der Waals surface area contributed by atoms with E-state index in [1.165, 1.54) is 12.1 Å². The van der Waals surface area contributed by atoms with Crippen molar-refractivity contribution in [2.24, 2.45) is 0 Å². The molecule has 13 heavy (non-hydrogen) atoms. The molecule has 1 aromatic rings. The molecule has 1 aromatic carbocycles. The van der Waals surface area contributed by atoms with Crippen molar-refractivity contribution in [1.29, 1.82) is 5.26 Å². The first-order valence-electron chi connectivity index (χ1n) is 3.20. The predicted molar refractivity (Wildman–Crippen MR) is 48.9 cm³/mol. The average molecular weight is 214 g/mol. The van der Waals surface area contributed by atoms with Crippen LogP contribution in [0, 0.1) is 29.0 Å². The summed E-state index contributed by atoms with van der Waals surface area (Å²) in [5.74, 6) is 3.94. The standard InChI is InChI=1S/C9H2Cl2FN/c10-7-4-6(2-1-3-13)5-8(11)9(7)12/h4-5H. The lowest BCUT2D eigenvalue weighted by atomic mass is 10.2. The molecule has 1 rings (SSSR count). The van der Waals surface area contributed by atoms with Crippen molar-refractivity contribution in [2.75, 3.05) is 0 Å². The summed E-state index contributed by atoms with van der Waals surface area (Å²) in [6, 6.07) is 4.25. The first kappa shape index (κ1) is 9.86. The first-order valence-corrected chi connectivity index (χ1v) is 3.95. The van der Waals surface area contributed by atoms with Gasteiger partial charge >= 0.3 is 0 Å². The van der Waals surface area contributed by atoms with Gasteiger partial charge in [-0.3, -0.25) is 0 Å². The molecule has 0 saturated heterocycles. The summed E-state index contributed by atoms with van der Waals surface area (Å²) in [7, 11) is 0. The van der Waals surface area contributed by atoms with E-state index in [1.54, 1.807) is 6.07 Å². The van der Waals surface area contributed by atoms with Crippen LogP contribution in [0.5, 0.6) is 0 Å². The van der Waals surface area contributed by atoms with Gasteiger partial charge in [0, 0.05) is 11.5 Å². The van der Waals surface area contributed by atoms with Gasteiger partial charge in [0.2, 0.25) is 0 Å². The zero-order valence-electron chi connectivity index (χ0n) is 6.24. The van der Waals surface area contributed by atoms with Crippen LogP contribution >= 0.6 is 23.2 Å². The third-order valence-electron chi connectivity index (χ3n) is 1.25. The van der Waals surface area contributed by atoms with Gasteiger partial charge in [0.25, 0.3) is 0 Å².